The number of hydrogen-bond donors (Lipinski definition) is 1. The van der Waals surface area contributed by atoms with Crippen molar-refractivity contribution in [1.82, 2.24) is 0 Å². The lowest BCUT2D eigenvalue weighted by atomic mass is 10.0. The van der Waals surface area contributed by atoms with Crippen molar-refractivity contribution in [2.75, 3.05) is 0 Å². The molecule has 0 aliphatic carbocycles. The van der Waals surface area contributed by atoms with Crippen molar-refractivity contribution in [2.45, 2.75) is 32.2 Å². The van der Waals surface area contributed by atoms with Gasteiger partial charge in [-0.3, -0.25) is 0 Å². The summed E-state index contributed by atoms with van der Waals surface area (Å²) in [4.78, 5) is 10.7. The quantitative estimate of drug-likeness (QED) is 0.747. The number of rotatable bonds is 5. The van der Waals surface area contributed by atoms with Crippen LogP contribution in [0.4, 0.5) is 0 Å². The molecule has 82 valence electrons. The highest BCUT2D eigenvalue weighted by molar-refractivity contribution is 5.58. The fourth-order valence-electron chi connectivity index (χ4n) is 1.17. The fraction of sp³-hybridized carbons (Fsp3) is 0.417. The molecular weight excluding hydrogens is 192 g/mol. The van der Waals surface area contributed by atoms with E-state index >= 15 is 0 Å². The van der Waals surface area contributed by atoms with Crippen molar-refractivity contribution < 1.29 is 14.6 Å². The molecule has 0 spiro atoms. The smallest absolute Gasteiger partial charge is 0.151 e. The van der Waals surface area contributed by atoms with E-state index in [1.54, 1.807) is 13.8 Å². The number of ether oxygens (including phenoxy) is 1. The van der Waals surface area contributed by atoms with Gasteiger partial charge >= 0.3 is 0 Å². The highest BCUT2D eigenvalue weighted by Crippen LogP contribution is 2.12. The Labute approximate surface area is 89.7 Å². The molecule has 0 saturated heterocycles. The zero-order valence-electron chi connectivity index (χ0n) is 9.01. The Balaban J connectivity index is 2.52. The third-order valence-corrected chi connectivity index (χ3v) is 2.09. The average Bonchev–Trinajstić information content (AvgIpc) is 2.18. The van der Waals surface area contributed by atoms with Gasteiger partial charge in [-0.25, -0.2) is 0 Å². The fourth-order valence-corrected chi connectivity index (χ4v) is 1.17. The number of hydrogen-bond acceptors (Lipinski definition) is 3. The third kappa shape index (κ3) is 3.81. The van der Waals surface area contributed by atoms with Gasteiger partial charge in [0.15, 0.2) is 6.29 Å². The van der Waals surface area contributed by atoms with Crippen LogP contribution in [0.5, 0.6) is 0 Å². The van der Waals surface area contributed by atoms with Gasteiger partial charge in [-0.15, -0.1) is 0 Å². The molecule has 1 aromatic rings. The number of aliphatic hydroxyl groups is 1. The maximum atomic E-state index is 10.7. The van der Waals surface area contributed by atoms with E-state index in [0.29, 0.717) is 12.9 Å². The zero-order valence-corrected chi connectivity index (χ0v) is 9.01. The molecule has 1 rings (SSSR count). The summed E-state index contributed by atoms with van der Waals surface area (Å²) in [5, 5.41) is 9.60. The van der Waals surface area contributed by atoms with Crippen LogP contribution in [0.15, 0.2) is 30.3 Å². The van der Waals surface area contributed by atoms with Crippen LogP contribution in [0.3, 0.4) is 0 Å². The SMILES string of the molecule is CC(C)(O)[C@H](C=O)OCc1ccccc1. The molecule has 1 atom stereocenters. The molecule has 3 heteroatoms. The molecule has 0 amide bonds. The van der Waals surface area contributed by atoms with Gasteiger partial charge < -0.3 is 14.6 Å². The minimum Gasteiger partial charge on any atom is -0.387 e. The molecule has 1 aromatic carbocycles. The average molecular weight is 208 g/mol. The summed E-state index contributed by atoms with van der Waals surface area (Å²) in [6, 6.07) is 9.53. The van der Waals surface area contributed by atoms with Crippen molar-refractivity contribution in [1.29, 1.82) is 0 Å². The molecule has 0 radical (unpaired) electrons. The Kier molecular flexibility index (Phi) is 4.00. The van der Waals surface area contributed by atoms with Gasteiger partial charge in [0.25, 0.3) is 0 Å². The predicted octanol–water partition coefficient (Wildman–Crippen LogP) is 1.54. The molecule has 0 aliphatic rings. The van der Waals surface area contributed by atoms with Crippen LogP contribution in [0, 0.1) is 0 Å². The van der Waals surface area contributed by atoms with E-state index in [1.807, 2.05) is 30.3 Å². The van der Waals surface area contributed by atoms with Crippen LogP contribution >= 0.6 is 0 Å². The zero-order chi connectivity index (χ0) is 11.3. The van der Waals surface area contributed by atoms with E-state index in [9.17, 15) is 9.90 Å². The second-order valence-electron chi connectivity index (χ2n) is 4.01. The van der Waals surface area contributed by atoms with Crippen molar-refractivity contribution in [2.24, 2.45) is 0 Å². The largest absolute Gasteiger partial charge is 0.387 e. The summed E-state index contributed by atoms with van der Waals surface area (Å²) in [6.07, 6.45) is -0.166. The Bertz CT molecular complexity index is 300. The first kappa shape index (κ1) is 11.9. The highest BCUT2D eigenvalue weighted by Gasteiger charge is 2.26. The molecule has 3 nitrogen and oxygen atoms in total. The van der Waals surface area contributed by atoms with E-state index in [4.69, 9.17) is 4.74 Å². The molecule has 0 heterocycles. The summed E-state index contributed by atoms with van der Waals surface area (Å²) in [5.74, 6) is 0. The van der Waals surface area contributed by atoms with Crippen LogP contribution < -0.4 is 0 Å². The lowest BCUT2D eigenvalue weighted by molar-refractivity contribution is -0.136. The number of aldehydes is 1. The van der Waals surface area contributed by atoms with Gasteiger partial charge in [0.05, 0.1) is 12.2 Å². The Hall–Kier alpha value is -1.19. The van der Waals surface area contributed by atoms with Crippen LogP contribution in [-0.4, -0.2) is 23.1 Å². The molecule has 0 fully saturated rings. The van der Waals surface area contributed by atoms with Crippen molar-refractivity contribution in [3.63, 3.8) is 0 Å². The Morgan fingerprint density at radius 2 is 2.00 bits per heavy atom. The van der Waals surface area contributed by atoms with Gasteiger partial charge in [-0.2, -0.15) is 0 Å². The second-order valence-corrected chi connectivity index (χ2v) is 4.01. The van der Waals surface area contributed by atoms with Gasteiger partial charge in [0.1, 0.15) is 6.10 Å². The monoisotopic (exact) mass is 208 g/mol. The summed E-state index contributed by atoms with van der Waals surface area (Å²) < 4.78 is 5.32. The summed E-state index contributed by atoms with van der Waals surface area (Å²) in [6.45, 7) is 3.43. The van der Waals surface area contributed by atoms with E-state index in [0.717, 1.165) is 5.56 Å². The molecule has 15 heavy (non-hydrogen) atoms. The number of carbonyl (C=O) groups is 1. The van der Waals surface area contributed by atoms with E-state index in [1.165, 1.54) is 0 Å². The minimum absolute atomic E-state index is 0.328. The second kappa shape index (κ2) is 5.05. The number of benzene rings is 1. The summed E-state index contributed by atoms with van der Waals surface area (Å²) in [5.41, 5.74) is -0.162. The molecule has 0 unspecified atom stereocenters. The van der Waals surface area contributed by atoms with Crippen LogP contribution in [0.1, 0.15) is 19.4 Å². The first-order valence-corrected chi connectivity index (χ1v) is 4.87. The van der Waals surface area contributed by atoms with E-state index in [2.05, 4.69) is 0 Å². The lowest BCUT2D eigenvalue weighted by Crippen LogP contribution is -2.39. The molecule has 1 N–H and O–H groups in total. The van der Waals surface area contributed by atoms with Crippen molar-refractivity contribution in [3.05, 3.63) is 35.9 Å². The predicted molar refractivity (Wildman–Crippen MR) is 57.4 cm³/mol. The summed E-state index contributed by atoms with van der Waals surface area (Å²) in [7, 11) is 0. The van der Waals surface area contributed by atoms with Gasteiger partial charge in [-0.1, -0.05) is 30.3 Å². The Morgan fingerprint density at radius 1 is 1.40 bits per heavy atom. The normalized spacial score (nSPS) is 13.5. The molecule has 0 bridgehead atoms. The molecule has 0 aromatic heterocycles. The number of carbonyl (C=O) groups excluding carboxylic acids is 1. The van der Waals surface area contributed by atoms with E-state index in [-0.39, 0.29) is 0 Å². The summed E-state index contributed by atoms with van der Waals surface area (Å²) >= 11 is 0. The lowest BCUT2D eigenvalue weighted by Gasteiger charge is -2.24. The minimum atomic E-state index is -1.14. The molecule has 0 aliphatic heterocycles. The standard InChI is InChI=1S/C12H16O3/c1-12(2,14)11(8-13)15-9-10-6-4-3-5-7-10/h3-8,11,14H,9H2,1-2H3/t11-/m0/s1. The first-order chi connectivity index (χ1) is 7.04. The maximum absolute atomic E-state index is 10.7. The molecular formula is C12H16O3. The Morgan fingerprint density at radius 3 is 2.47 bits per heavy atom. The van der Waals surface area contributed by atoms with Crippen LogP contribution in [0.2, 0.25) is 0 Å². The van der Waals surface area contributed by atoms with Gasteiger partial charge in [-0.05, 0) is 19.4 Å². The first-order valence-electron chi connectivity index (χ1n) is 4.87. The maximum Gasteiger partial charge on any atom is 0.151 e. The third-order valence-electron chi connectivity index (χ3n) is 2.09. The van der Waals surface area contributed by atoms with Crippen molar-refractivity contribution in [3.8, 4) is 0 Å². The van der Waals surface area contributed by atoms with Gasteiger partial charge in [0, 0.05) is 0 Å². The van der Waals surface area contributed by atoms with Crippen LogP contribution in [-0.2, 0) is 16.1 Å². The van der Waals surface area contributed by atoms with E-state index < -0.39 is 11.7 Å². The van der Waals surface area contributed by atoms with Crippen molar-refractivity contribution >= 4 is 6.29 Å². The van der Waals surface area contributed by atoms with Crippen LogP contribution in [0.25, 0.3) is 0 Å². The molecule has 0 saturated carbocycles. The van der Waals surface area contributed by atoms with Gasteiger partial charge in [0.2, 0.25) is 0 Å². The highest BCUT2D eigenvalue weighted by atomic mass is 16.5. The topological polar surface area (TPSA) is 46.5 Å².